The van der Waals surface area contributed by atoms with Crippen molar-refractivity contribution in [2.45, 2.75) is 130 Å². The van der Waals surface area contributed by atoms with Crippen molar-refractivity contribution in [1.82, 2.24) is 0 Å². The minimum Gasteiger partial charge on any atom is -0.0651 e. The number of rotatable bonds is 1. The molecule has 0 nitrogen and oxygen atoms in total. The SMILES string of the molecule is CCC(C)(C)C.CCC(C)(C)C.CCC(C)(C)C.CCC(C)C. The molecule has 0 aromatic heterocycles. The first-order valence-electron chi connectivity index (χ1n) is 9.95. The van der Waals surface area contributed by atoms with Crippen molar-refractivity contribution in [3.63, 3.8) is 0 Å². The van der Waals surface area contributed by atoms with Crippen LogP contribution in [0.4, 0.5) is 0 Å². The van der Waals surface area contributed by atoms with Gasteiger partial charge in [0.25, 0.3) is 0 Å². The molecule has 0 aliphatic heterocycles. The maximum absolute atomic E-state index is 2.24. The Bertz CT molecular complexity index is 168. The monoisotopic (exact) mass is 330 g/mol. The van der Waals surface area contributed by atoms with Gasteiger partial charge in [-0.05, 0) is 22.2 Å². The van der Waals surface area contributed by atoms with Crippen molar-refractivity contribution in [1.29, 1.82) is 0 Å². The molecule has 0 unspecified atom stereocenters. The van der Waals surface area contributed by atoms with Crippen molar-refractivity contribution in [3.8, 4) is 0 Å². The average molecular weight is 331 g/mol. The molecule has 0 aromatic carbocycles. The van der Waals surface area contributed by atoms with E-state index in [-0.39, 0.29) is 0 Å². The fourth-order valence-corrected chi connectivity index (χ4v) is 0. The fourth-order valence-electron chi connectivity index (χ4n) is 0. The average Bonchev–Trinajstić information content (AvgIpc) is 2.38. The van der Waals surface area contributed by atoms with Crippen molar-refractivity contribution < 1.29 is 0 Å². The van der Waals surface area contributed by atoms with E-state index < -0.39 is 0 Å². The second-order valence-electron chi connectivity index (χ2n) is 10.5. The van der Waals surface area contributed by atoms with E-state index in [4.69, 9.17) is 0 Å². The van der Waals surface area contributed by atoms with E-state index in [2.05, 4.69) is 104 Å². The van der Waals surface area contributed by atoms with Crippen LogP contribution >= 0.6 is 0 Å². The molecule has 0 rings (SSSR count). The van der Waals surface area contributed by atoms with Gasteiger partial charge in [-0.1, -0.05) is 130 Å². The molecule has 0 saturated heterocycles. The molecule has 0 heterocycles. The molecule has 0 bridgehead atoms. The van der Waals surface area contributed by atoms with Crippen LogP contribution < -0.4 is 0 Å². The largest absolute Gasteiger partial charge is 0.0651 e. The van der Waals surface area contributed by atoms with E-state index in [1.807, 2.05) is 0 Å². The summed E-state index contributed by atoms with van der Waals surface area (Å²) < 4.78 is 0. The molecule has 0 heteroatoms. The van der Waals surface area contributed by atoms with Crippen molar-refractivity contribution in [3.05, 3.63) is 0 Å². The van der Waals surface area contributed by atoms with Crippen LogP contribution in [0.15, 0.2) is 0 Å². The normalized spacial score (nSPS) is 11.5. The first kappa shape index (κ1) is 30.8. The van der Waals surface area contributed by atoms with Gasteiger partial charge in [-0.25, -0.2) is 0 Å². The Morgan fingerprint density at radius 1 is 0.478 bits per heavy atom. The van der Waals surface area contributed by atoms with Crippen molar-refractivity contribution in [2.75, 3.05) is 0 Å². The van der Waals surface area contributed by atoms with Crippen molar-refractivity contribution in [2.24, 2.45) is 22.2 Å². The lowest BCUT2D eigenvalue weighted by molar-refractivity contribution is 0.397. The first-order chi connectivity index (χ1) is 9.95. The molecule has 0 aliphatic carbocycles. The standard InChI is InChI=1S/3C6H14.C5H12/c3*1-5-6(2,3)4;1-4-5(2)3/h3*5H2,1-4H3;5H,4H2,1-3H3. The van der Waals surface area contributed by atoms with Gasteiger partial charge >= 0.3 is 0 Å². The molecule has 0 N–H and O–H groups in total. The lowest BCUT2D eigenvalue weighted by Gasteiger charge is -2.12. The summed E-state index contributed by atoms with van der Waals surface area (Å²) in [5.41, 5.74) is 1.63. The van der Waals surface area contributed by atoms with Gasteiger partial charge < -0.3 is 0 Å². The summed E-state index contributed by atoms with van der Waals surface area (Å²) in [4.78, 5) is 0. The Balaban J connectivity index is -0.000000105. The van der Waals surface area contributed by atoms with Gasteiger partial charge in [-0.2, -0.15) is 0 Å². The zero-order valence-electron chi connectivity index (χ0n) is 19.9. The lowest BCUT2D eigenvalue weighted by atomic mass is 9.94. The zero-order valence-corrected chi connectivity index (χ0v) is 19.9. The highest BCUT2D eigenvalue weighted by molar-refractivity contribution is 4.56. The number of hydrogen-bond donors (Lipinski definition) is 0. The second kappa shape index (κ2) is 15.5. The molecule has 146 valence electrons. The van der Waals surface area contributed by atoms with Gasteiger partial charge in [0.1, 0.15) is 0 Å². The summed E-state index contributed by atoms with van der Waals surface area (Å²) in [7, 11) is 0. The third-order valence-electron chi connectivity index (χ3n) is 4.00. The van der Waals surface area contributed by atoms with Crippen LogP contribution in [0.3, 0.4) is 0 Å². The summed E-state index contributed by atoms with van der Waals surface area (Å²) in [6.45, 7) is 33.5. The van der Waals surface area contributed by atoms with Crippen LogP contribution in [0.1, 0.15) is 130 Å². The topological polar surface area (TPSA) is 0 Å². The minimum atomic E-state index is 0.542. The summed E-state index contributed by atoms with van der Waals surface area (Å²) in [5.74, 6) is 0.884. The molecule has 0 saturated carbocycles. The van der Waals surface area contributed by atoms with Gasteiger partial charge in [0, 0.05) is 0 Å². The highest BCUT2D eigenvalue weighted by Crippen LogP contribution is 2.17. The Kier molecular flexibility index (Phi) is 20.8. The highest BCUT2D eigenvalue weighted by atomic mass is 14.1. The number of hydrogen-bond acceptors (Lipinski definition) is 0. The molecule has 23 heavy (non-hydrogen) atoms. The van der Waals surface area contributed by atoms with Crippen LogP contribution in [0.25, 0.3) is 0 Å². The van der Waals surface area contributed by atoms with Gasteiger partial charge in [-0.15, -0.1) is 0 Å². The maximum Gasteiger partial charge on any atom is -0.0385 e. The summed E-state index contributed by atoms with van der Waals surface area (Å²) in [6, 6.07) is 0. The third kappa shape index (κ3) is 72.7. The third-order valence-corrected chi connectivity index (χ3v) is 4.00. The first-order valence-corrected chi connectivity index (χ1v) is 9.95. The molecule has 0 aliphatic rings. The Hall–Kier alpha value is 0. The van der Waals surface area contributed by atoms with Gasteiger partial charge in [0.15, 0.2) is 0 Å². The van der Waals surface area contributed by atoms with E-state index in [1.165, 1.54) is 25.7 Å². The zero-order chi connectivity index (χ0) is 19.9. The molecule has 0 atom stereocenters. The summed E-state index contributed by atoms with van der Waals surface area (Å²) in [5, 5.41) is 0. The quantitative estimate of drug-likeness (QED) is 0.449. The predicted octanol–water partition coefficient (Wildman–Crippen LogP) is 9.38. The van der Waals surface area contributed by atoms with Gasteiger partial charge in [0.2, 0.25) is 0 Å². The Labute approximate surface area is 152 Å². The molecule has 0 fully saturated rings. The predicted molar refractivity (Wildman–Crippen MR) is 114 cm³/mol. The summed E-state index contributed by atoms with van der Waals surface area (Å²) in [6.07, 6.45) is 5.12. The molecular formula is C23H54. The molecule has 0 amide bonds. The highest BCUT2D eigenvalue weighted by Gasteiger charge is 2.04. The smallest absolute Gasteiger partial charge is 0.0385 e. The van der Waals surface area contributed by atoms with Crippen molar-refractivity contribution >= 4 is 0 Å². The lowest BCUT2D eigenvalue weighted by Crippen LogP contribution is -2.00. The molecule has 0 radical (unpaired) electrons. The van der Waals surface area contributed by atoms with Crippen LogP contribution in [-0.4, -0.2) is 0 Å². The molecule has 0 aromatic rings. The van der Waals surface area contributed by atoms with Crippen LogP contribution in [0.2, 0.25) is 0 Å². The summed E-state index contributed by atoms with van der Waals surface area (Å²) >= 11 is 0. The minimum absolute atomic E-state index is 0.542. The Morgan fingerprint density at radius 2 is 0.565 bits per heavy atom. The van der Waals surface area contributed by atoms with Crippen LogP contribution in [0, 0.1) is 22.2 Å². The molecular weight excluding hydrogens is 276 g/mol. The van der Waals surface area contributed by atoms with E-state index in [9.17, 15) is 0 Å². The fraction of sp³-hybridized carbons (Fsp3) is 1.00. The van der Waals surface area contributed by atoms with Gasteiger partial charge in [-0.3, -0.25) is 0 Å². The second-order valence-corrected chi connectivity index (χ2v) is 10.5. The van der Waals surface area contributed by atoms with Crippen LogP contribution in [-0.2, 0) is 0 Å². The van der Waals surface area contributed by atoms with Crippen LogP contribution in [0.5, 0.6) is 0 Å². The molecule has 0 spiro atoms. The van der Waals surface area contributed by atoms with Gasteiger partial charge in [0.05, 0.1) is 0 Å². The van der Waals surface area contributed by atoms with E-state index >= 15 is 0 Å². The van der Waals surface area contributed by atoms with E-state index in [0.717, 1.165) is 5.92 Å². The maximum atomic E-state index is 2.24. The Morgan fingerprint density at radius 3 is 0.565 bits per heavy atom. The van der Waals surface area contributed by atoms with E-state index in [0.29, 0.717) is 16.2 Å². The van der Waals surface area contributed by atoms with E-state index in [1.54, 1.807) is 0 Å².